The predicted octanol–water partition coefficient (Wildman–Crippen LogP) is 4.67. The van der Waals surface area contributed by atoms with E-state index in [-0.39, 0.29) is 17.5 Å². The highest BCUT2D eigenvalue weighted by molar-refractivity contribution is 6.30. The molecule has 2 aromatic rings. The van der Waals surface area contributed by atoms with Gasteiger partial charge in [-0.15, -0.1) is 0 Å². The zero-order chi connectivity index (χ0) is 18.3. The van der Waals surface area contributed by atoms with Crippen LogP contribution < -0.4 is 0 Å². The number of Topliss-reactive ketones (excluding diaryl/α,β-unsaturated/α-hetero) is 2. The van der Waals surface area contributed by atoms with Crippen molar-refractivity contribution in [3.05, 3.63) is 70.2 Å². The third kappa shape index (κ3) is 3.00. The Kier molecular flexibility index (Phi) is 4.68. The summed E-state index contributed by atoms with van der Waals surface area (Å²) in [5.41, 5.74) is 2.09. The third-order valence-electron chi connectivity index (χ3n) is 5.99. The van der Waals surface area contributed by atoms with Gasteiger partial charge in [0, 0.05) is 16.1 Å². The number of ketones is 2. The summed E-state index contributed by atoms with van der Waals surface area (Å²) in [4.78, 5) is 25.5. The van der Waals surface area contributed by atoms with Gasteiger partial charge in [-0.25, -0.2) is 0 Å². The van der Waals surface area contributed by atoms with Crippen LogP contribution >= 0.6 is 11.6 Å². The molecule has 0 unspecified atom stereocenters. The highest BCUT2D eigenvalue weighted by atomic mass is 35.5. The van der Waals surface area contributed by atoms with E-state index < -0.39 is 12.0 Å². The van der Waals surface area contributed by atoms with Crippen molar-refractivity contribution in [2.45, 2.75) is 37.7 Å². The summed E-state index contributed by atoms with van der Waals surface area (Å²) >= 11 is 5.97. The lowest BCUT2D eigenvalue weighted by Gasteiger charge is -2.37. The first kappa shape index (κ1) is 17.4. The Bertz CT molecular complexity index is 835. The maximum absolute atomic E-state index is 12.9. The molecule has 1 N–H and O–H groups in total. The van der Waals surface area contributed by atoms with Crippen LogP contribution in [0.1, 0.15) is 57.9 Å². The second-order valence-electron chi connectivity index (χ2n) is 7.41. The van der Waals surface area contributed by atoms with Crippen LogP contribution in [0.25, 0.3) is 0 Å². The number of hydrogen-bond acceptors (Lipinski definition) is 3. The van der Waals surface area contributed by atoms with Crippen molar-refractivity contribution in [1.29, 1.82) is 0 Å². The molecule has 4 rings (SSSR count). The summed E-state index contributed by atoms with van der Waals surface area (Å²) in [6.45, 7) is 0. The molecule has 2 aliphatic carbocycles. The van der Waals surface area contributed by atoms with Gasteiger partial charge in [0.1, 0.15) is 6.10 Å². The Morgan fingerprint density at radius 1 is 0.808 bits per heavy atom. The Balaban J connectivity index is 1.51. The fraction of sp³-hybridized carbons (Fsp3) is 0.364. The number of aliphatic hydroxyl groups excluding tert-OH is 1. The minimum absolute atomic E-state index is 0.0540. The van der Waals surface area contributed by atoms with Crippen LogP contribution in [0.4, 0.5) is 0 Å². The molecular formula is C22H21ClO3. The van der Waals surface area contributed by atoms with Gasteiger partial charge < -0.3 is 5.11 Å². The van der Waals surface area contributed by atoms with Gasteiger partial charge in [-0.2, -0.15) is 0 Å². The summed E-state index contributed by atoms with van der Waals surface area (Å²) in [5.74, 6) is -0.503. The molecule has 0 saturated heterocycles. The van der Waals surface area contributed by atoms with E-state index in [0.717, 1.165) is 30.7 Å². The standard InChI is InChI=1S/C22H21ClO3/c23-16-11-9-14(10-12-16)13-5-7-15(8-6-13)19-20(24)17-3-1-2-4-18(17)21(25)22(19)26/h1-4,9-13,15,19,22,26H,5-8H2/t13?,15?,19-,22+/m1/s1. The zero-order valence-electron chi connectivity index (χ0n) is 14.4. The summed E-state index contributed by atoms with van der Waals surface area (Å²) in [5, 5.41) is 11.3. The van der Waals surface area contributed by atoms with Gasteiger partial charge in [0.15, 0.2) is 11.6 Å². The summed E-state index contributed by atoms with van der Waals surface area (Å²) in [7, 11) is 0. The molecule has 0 aromatic heterocycles. The van der Waals surface area contributed by atoms with E-state index in [1.165, 1.54) is 5.56 Å². The number of aliphatic hydroxyl groups is 1. The topological polar surface area (TPSA) is 54.4 Å². The summed E-state index contributed by atoms with van der Waals surface area (Å²) in [6.07, 6.45) is 2.39. The van der Waals surface area contributed by atoms with Crippen molar-refractivity contribution in [3.8, 4) is 0 Å². The molecule has 1 saturated carbocycles. The molecule has 0 radical (unpaired) electrons. The lowest BCUT2D eigenvalue weighted by atomic mass is 9.67. The quantitative estimate of drug-likeness (QED) is 0.838. The van der Waals surface area contributed by atoms with E-state index in [1.54, 1.807) is 24.3 Å². The van der Waals surface area contributed by atoms with Crippen LogP contribution in [0.2, 0.25) is 5.02 Å². The predicted molar refractivity (Wildman–Crippen MR) is 101 cm³/mol. The molecule has 0 aliphatic heterocycles. The lowest BCUT2D eigenvalue weighted by molar-refractivity contribution is 0.0342. The second-order valence-corrected chi connectivity index (χ2v) is 7.84. The fourth-order valence-corrected chi connectivity index (χ4v) is 4.70. The Hall–Kier alpha value is -1.97. The first-order valence-corrected chi connectivity index (χ1v) is 9.55. The van der Waals surface area contributed by atoms with E-state index in [4.69, 9.17) is 11.6 Å². The molecule has 4 heteroatoms. The second kappa shape index (κ2) is 6.98. The average molecular weight is 369 g/mol. The number of halogens is 1. The molecule has 134 valence electrons. The minimum atomic E-state index is -1.21. The van der Waals surface area contributed by atoms with Crippen LogP contribution in [-0.4, -0.2) is 22.8 Å². The van der Waals surface area contributed by atoms with Crippen LogP contribution in [0.5, 0.6) is 0 Å². The van der Waals surface area contributed by atoms with Crippen molar-refractivity contribution >= 4 is 23.2 Å². The molecule has 3 nitrogen and oxygen atoms in total. The maximum atomic E-state index is 12.9. The fourth-order valence-electron chi connectivity index (χ4n) is 4.58. The van der Waals surface area contributed by atoms with Gasteiger partial charge in [-0.05, 0) is 55.2 Å². The van der Waals surface area contributed by atoms with E-state index in [9.17, 15) is 14.7 Å². The molecule has 1 fully saturated rings. The molecule has 26 heavy (non-hydrogen) atoms. The lowest BCUT2D eigenvalue weighted by Crippen LogP contribution is -2.45. The first-order valence-electron chi connectivity index (χ1n) is 9.17. The Labute approximate surface area is 158 Å². The molecule has 0 amide bonds. The van der Waals surface area contributed by atoms with Crippen LogP contribution in [0.15, 0.2) is 48.5 Å². The third-order valence-corrected chi connectivity index (χ3v) is 6.24. The molecule has 2 aromatic carbocycles. The Morgan fingerprint density at radius 2 is 1.38 bits per heavy atom. The van der Waals surface area contributed by atoms with E-state index in [2.05, 4.69) is 12.1 Å². The van der Waals surface area contributed by atoms with Crippen LogP contribution in [-0.2, 0) is 0 Å². The number of carbonyl (C=O) groups is 2. The van der Waals surface area contributed by atoms with Gasteiger partial charge in [0.05, 0.1) is 5.92 Å². The van der Waals surface area contributed by atoms with Crippen molar-refractivity contribution in [2.75, 3.05) is 0 Å². The van der Waals surface area contributed by atoms with Crippen LogP contribution in [0, 0.1) is 11.8 Å². The summed E-state index contributed by atoms with van der Waals surface area (Å²) < 4.78 is 0. The maximum Gasteiger partial charge on any atom is 0.192 e. The number of carbonyl (C=O) groups excluding carboxylic acids is 2. The van der Waals surface area contributed by atoms with Gasteiger partial charge >= 0.3 is 0 Å². The van der Waals surface area contributed by atoms with Gasteiger partial charge in [0.25, 0.3) is 0 Å². The molecule has 2 aliphatic rings. The molecular weight excluding hydrogens is 348 g/mol. The highest BCUT2D eigenvalue weighted by Crippen LogP contribution is 2.42. The average Bonchev–Trinajstić information content (AvgIpc) is 2.68. The zero-order valence-corrected chi connectivity index (χ0v) is 15.2. The van der Waals surface area contributed by atoms with Crippen molar-refractivity contribution in [3.63, 3.8) is 0 Å². The van der Waals surface area contributed by atoms with E-state index in [0.29, 0.717) is 17.0 Å². The monoisotopic (exact) mass is 368 g/mol. The largest absolute Gasteiger partial charge is 0.384 e. The molecule has 0 bridgehead atoms. The van der Waals surface area contributed by atoms with Gasteiger partial charge in [-0.1, -0.05) is 48.0 Å². The van der Waals surface area contributed by atoms with Crippen molar-refractivity contribution in [2.24, 2.45) is 11.8 Å². The number of benzene rings is 2. The SMILES string of the molecule is O=C1c2ccccc2C(=O)[C@@H](C2CCC(c3ccc(Cl)cc3)CC2)[C@@H]1O. The molecule has 0 heterocycles. The van der Waals surface area contributed by atoms with Gasteiger partial charge in [-0.3, -0.25) is 9.59 Å². The van der Waals surface area contributed by atoms with E-state index >= 15 is 0 Å². The molecule has 0 spiro atoms. The van der Waals surface area contributed by atoms with Crippen molar-refractivity contribution in [1.82, 2.24) is 0 Å². The highest BCUT2D eigenvalue weighted by Gasteiger charge is 2.45. The van der Waals surface area contributed by atoms with Crippen LogP contribution in [0.3, 0.4) is 0 Å². The number of hydrogen-bond donors (Lipinski definition) is 1. The van der Waals surface area contributed by atoms with Crippen molar-refractivity contribution < 1.29 is 14.7 Å². The van der Waals surface area contributed by atoms with Gasteiger partial charge in [0.2, 0.25) is 0 Å². The first-order chi connectivity index (χ1) is 12.6. The molecule has 2 atom stereocenters. The minimum Gasteiger partial charge on any atom is -0.384 e. The number of rotatable bonds is 2. The smallest absolute Gasteiger partial charge is 0.192 e. The normalized spacial score (nSPS) is 28.7. The Morgan fingerprint density at radius 3 is 2.00 bits per heavy atom. The number of fused-ring (bicyclic) bond motifs is 1. The van der Waals surface area contributed by atoms with E-state index in [1.807, 2.05) is 12.1 Å². The summed E-state index contributed by atoms with van der Waals surface area (Å²) in [6, 6.07) is 14.8.